The molecule has 1 aromatic heterocycles. The third-order valence-electron chi connectivity index (χ3n) is 1.47. The van der Waals surface area contributed by atoms with Gasteiger partial charge in [-0.25, -0.2) is 0 Å². The number of nitrogens with two attached hydrogens (primary N) is 1. The van der Waals surface area contributed by atoms with Gasteiger partial charge in [0.25, 0.3) is 0 Å². The van der Waals surface area contributed by atoms with Crippen LogP contribution in [0.3, 0.4) is 0 Å². The van der Waals surface area contributed by atoms with E-state index in [0.29, 0.717) is 12.4 Å². The highest BCUT2D eigenvalue weighted by atomic mass is 16.5. The van der Waals surface area contributed by atoms with Crippen LogP contribution >= 0.6 is 0 Å². The van der Waals surface area contributed by atoms with E-state index in [1.807, 2.05) is 6.20 Å². The second-order valence-electron chi connectivity index (χ2n) is 2.62. The van der Waals surface area contributed by atoms with Gasteiger partial charge >= 0.3 is 0 Å². The van der Waals surface area contributed by atoms with Gasteiger partial charge in [-0.05, 0) is 12.5 Å². The molecule has 1 rings (SSSR count). The Hall–Kier alpha value is -1.03. The molecule has 0 bridgehead atoms. The summed E-state index contributed by atoms with van der Waals surface area (Å²) in [6, 6.07) is 1.78. The number of hydrogen-bond acceptors (Lipinski definition) is 3. The summed E-state index contributed by atoms with van der Waals surface area (Å²) >= 11 is 0. The molecule has 0 aliphatic carbocycles. The fraction of sp³-hybridized carbons (Fsp3) is 0.625. The summed E-state index contributed by atoms with van der Waals surface area (Å²) in [7, 11) is 0. The minimum absolute atomic E-state index is 0.561. The van der Waals surface area contributed by atoms with Crippen LogP contribution in [0.5, 0.6) is 0 Å². The zero-order valence-electron chi connectivity index (χ0n) is 7.36. The number of nitrogens with zero attached hydrogens (tertiary/aromatic N) is 2. The van der Waals surface area contributed by atoms with Gasteiger partial charge < -0.3 is 10.5 Å². The summed E-state index contributed by atoms with van der Waals surface area (Å²) in [6.45, 7) is 4.38. The van der Waals surface area contributed by atoms with Gasteiger partial charge in [0, 0.05) is 12.8 Å². The number of hydrogen-bond donors (Lipinski definition) is 1. The van der Waals surface area contributed by atoms with Gasteiger partial charge in [0.05, 0.1) is 13.2 Å². The second kappa shape index (κ2) is 4.77. The van der Waals surface area contributed by atoms with Crippen molar-refractivity contribution in [3.63, 3.8) is 0 Å². The zero-order chi connectivity index (χ0) is 8.81. The largest absolute Gasteiger partial charge is 0.382 e. The molecule has 0 aliphatic rings. The van der Waals surface area contributed by atoms with E-state index in [1.54, 1.807) is 10.7 Å². The number of nitrogen functional groups attached to an aromatic ring is 1. The molecule has 0 unspecified atom stereocenters. The van der Waals surface area contributed by atoms with Crippen molar-refractivity contribution in [2.45, 2.75) is 19.9 Å². The van der Waals surface area contributed by atoms with Crippen LogP contribution in [0.4, 0.5) is 5.82 Å². The fourth-order valence-electron chi connectivity index (χ4n) is 0.906. The molecule has 2 N–H and O–H groups in total. The molecule has 68 valence electrons. The predicted molar refractivity (Wildman–Crippen MR) is 47.7 cm³/mol. The van der Waals surface area contributed by atoms with E-state index < -0.39 is 0 Å². The summed E-state index contributed by atoms with van der Waals surface area (Å²) < 4.78 is 7.08. The SMILES string of the molecule is CCCOCCn1ccc(N)n1. The second-order valence-corrected chi connectivity index (χ2v) is 2.62. The molecule has 0 atom stereocenters. The van der Waals surface area contributed by atoms with E-state index in [1.165, 1.54) is 0 Å². The molecular weight excluding hydrogens is 154 g/mol. The van der Waals surface area contributed by atoms with Crippen LogP contribution in [-0.4, -0.2) is 23.0 Å². The maximum atomic E-state index is 5.44. The molecule has 12 heavy (non-hydrogen) atoms. The minimum atomic E-state index is 0.561. The van der Waals surface area contributed by atoms with E-state index in [0.717, 1.165) is 19.6 Å². The molecule has 1 aromatic rings. The minimum Gasteiger partial charge on any atom is -0.382 e. The zero-order valence-corrected chi connectivity index (χ0v) is 7.36. The third-order valence-corrected chi connectivity index (χ3v) is 1.47. The third kappa shape index (κ3) is 2.92. The van der Waals surface area contributed by atoms with Gasteiger partial charge in [-0.15, -0.1) is 0 Å². The van der Waals surface area contributed by atoms with Crippen molar-refractivity contribution in [1.29, 1.82) is 0 Å². The van der Waals surface area contributed by atoms with E-state index in [4.69, 9.17) is 10.5 Å². The van der Waals surface area contributed by atoms with Crippen LogP contribution in [0.2, 0.25) is 0 Å². The van der Waals surface area contributed by atoms with E-state index in [-0.39, 0.29) is 0 Å². The van der Waals surface area contributed by atoms with E-state index in [9.17, 15) is 0 Å². The van der Waals surface area contributed by atoms with Gasteiger partial charge in [0.2, 0.25) is 0 Å². The predicted octanol–water partition coefficient (Wildman–Crippen LogP) is 0.892. The van der Waals surface area contributed by atoms with Crippen molar-refractivity contribution in [3.8, 4) is 0 Å². The number of rotatable bonds is 5. The van der Waals surface area contributed by atoms with E-state index >= 15 is 0 Å². The lowest BCUT2D eigenvalue weighted by molar-refractivity contribution is 0.124. The van der Waals surface area contributed by atoms with Gasteiger partial charge in [-0.2, -0.15) is 5.10 Å². The summed E-state index contributed by atoms with van der Waals surface area (Å²) in [4.78, 5) is 0. The highest BCUT2D eigenvalue weighted by Gasteiger charge is 1.93. The molecular formula is C8H15N3O. The summed E-state index contributed by atoms with van der Waals surface area (Å²) in [5, 5.41) is 4.02. The Morgan fingerprint density at radius 2 is 2.42 bits per heavy atom. The molecule has 0 aromatic carbocycles. The highest BCUT2D eigenvalue weighted by molar-refractivity contribution is 5.23. The Balaban J connectivity index is 2.15. The average Bonchev–Trinajstić information content (AvgIpc) is 2.45. The summed E-state index contributed by atoms with van der Waals surface area (Å²) in [5.41, 5.74) is 5.44. The number of ether oxygens (including phenoxy) is 1. The standard InChI is InChI=1S/C8H15N3O/c1-2-6-12-7-5-11-4-3-8(9)10-11/h3-4H,2,5-7H2,1H3,(H2,9,10). The van der Waals surface area contributed by atoms with Crippen LogP contribution in [0, 0.1) is 0 Å². The first-order chi connectivity index (χ1) is 5.83. The number of aromatic nitrogens is 2. The molecule has 0 spiro atoms. The van der Waals surface area contributed by atoms with Gasteiger partial charge in [0.15, 0.2) is 0 Å². The van der Waals surface area contributed by atoms with Gasteiger partial charge in [-0.3, -0.25) is 4.68 Å². The van der Waals surface area contributed by atoms with Crippen molar-refractivity contribution in [1.82, 2.24) is 9.78 Å². The lowest BCUT2D eigenvalue weighted by atomic mass is 10.5. The first-order valence-corrected chi connectivity index (χ1v) is 4.19. The maximum absolute atomic E-state index is 5.44. The molecule has 4 heteroatoms. The van der Waals surface area contributed by atoms with Crippen molar-refractivity contribution in [3.05, 3.63) is 12.3 Å². The molecule has 0 fully saturated rings. The van der Waals surface area contributed by atoms with Crippen LogP contribution < -0.4 is 5.73 Å². The molecule has 0 aliphatic heterocycles. The van der Waals surface area contributed by atoms with Crippen molar-refractivity contribution in [2.24, 2.45) is 0 Å². The average molecular weight is 169 g/mol. The maximum Gasteiger partial charge on any atom is 0.145 e. The fourth-order valence-corrected chi connectivity index (χ4v) is 0.906. The molecule has 1 heterocycles. The lowest BCUT2D eigenvalue weighted by Crippen LogP contribution is -2.07. The Morgan fingerprint density at radius 3 is 3.00 bits per heavy atom. The van der Waals surface area contributed by atoms with Crippen LogP contribution in [0.25, 0.3) is 0 Å². The Bertz CT molecular complexity index is 222. The number of anilines is 1. The molecule has 0 radical (unpaired) electrons. The topological polar surface area (TPSA) is 53.1 Å². The quantitative estimate of drug-likeness (QED) is 0.666. The normalized spacial score (nSPS) is 10.4. The van der Waals surface area contributed by atoms with Crippen molar-refractivity contribution < 1.29 is 4.74 Å². The first kappa shape index (κ1) is 9.06. The van der Waals surface area contributed by atoms with Gasteiger partial charge in [0.1, 0.15) is 5.82 Å². The first-order valence-electron chi connectivity index (χ1n) is 4.19. The van der Waals surface area contributed by atoms with Crippen LogP contribution in [0.1, 0.15) is 13.3 Å². The smallest absolute Gasteiger partial charge is 0.145 e. The summed E-state index contributed by atoms with van der Waals surface area (Å²) in [5.74, 6) is 0.561. The molecule has 4 nitrogen and oxygen atoms in total. The van der Waals surface area contributed by atoms with Crippen molar-refractivity contribution in [2.75, 3.05) is 18.9 Å². The van der Waals surface area contributed by atoms with E-state index in [2.05, 4.69) is 12.0 Å². The lowest BCUT2D eigenvalue weighted by Gasteiger charge is -2.01. The van der Waals surface area contributed by atoms with Gasteiger partial charge in [-0.1, -0.05) is 6.92 Å². The molecule has 0 saturated carbocycles. The monoisotopic (exact) mass is 169 g/mol. The van der Waals surface area contributed by atoms with Crippen LogP contribution in [-0.2, 0) is 11.3 Å². The Labute approximate surface area is 72.3 Å². The Morgan fingerprint density at radius 1 is 1.58 bits per heavy atom. The Kier molecular flexibility index (Phi) is 3.60. The molecule has 0 amide bonds. The highest BCUT2D eigenvalue weighted by Crippen LogP contribution is 1.95. The van der Waals surface area contributed by atoms with Crippen molar-refractivity contribution >= 4 is 5.82 Å². The molecule has 0 saturated heterocycles. The summed E-state index contributed by atoms with van der Waals surface area (Å²) in [6.07, 6.45) is 2.91. The van der Waals surface area contributed by atoms with Crippen LogP contribution in [0.15, 0.2) is 12.3 Å².